The van der Waals surface area contributed by atoms with Gasteiger partial charge >= 0.3 is 5.51 Å². The number of ether oxygens (including phenoxy) is 1. The molecule has 0 saturated carbocycles. The number of anilines is 2. The van der Waals surface area contributed by atoms with Crippen LogP contribution in [0.1, 0.15) is 41.7 Å². The molecule has 14 heteroatoms. The summed E-state index contributed by atoms with van der Waals surface area (Å²) >= 11 is -0.235. The zero-order chi connectivity index (χ0) is 32.3. The number of pyridine rings is 1. The maximum atomic E-state index is 13.7. The minimum absolute atomic E-state index is 0.00994. The molecule has 0 aliphatic carbocycles. The molecule has 1 aromatic carbocycles. The van der Waals surface area contributed by atoms with E-state index >= 15 is 0 Å². The van der Waals surface area contributed by atoms with Crippen molar-refractivity contribution in [2.24, 2.45) is 0 Å². The number of alkyl halides is 3. The van der Waals surface area contributed by atoms with Crippen molar-refractivity contribution in [2.75, 3.05) is 52.0 Å². The van der Waals surface area contributed by atoms with E-state index in [1.165, 1.54) is 18.7 Å². The number of hydrogen-bond donors (Lipinski definition) is 3. The third-order valence-corrected chi connectivity index (χ3v) is 9.05. The van der Waals surface area contributed by atoms with E-state index in [-0.39, 0.29) is 52.8 Å². The van der Waals surface area contributed by atoms with E-state index in [0.717, 1.165) is 25.7 Å². The number of likely N-dealkylation sites (N-methyl/N-ethyl adjacent to an activating group) is 1. The van der Waals surface area contributed by atoms with Gasteiger partial charge in [0.05, 0.1) is 36.3 Å². The van der Waals surface area contributed by atoms with Crippen molar-refractivity contribution in [3.63, 3.8) is 0 Å². The highest BCUT2D eigenvalue weighted by Gasteiger charge is 2.43. The number of nitrogens with zero attached hydrogens (tertiary/aromatic N) is 4. The highest BCUT2D eigenvalue weighted by molar-refractivity contribution is 8.00. The quantitative estimate of drug-likeness (QED) is 0.235. The lowest BCUT2D eigenvalue weighted by atomic mass is 9.97. The van der Waals surface area contributed by atoms with Crippen LogP contribution in [0.5, 0.6) is 5.75 Å². The molecule has 5 rings (SSSR count). The largest absolute Gasteiger partial charge is 0.495 e. The molecule has 2 aromatic heterocycles. The highest BCUT2D eigenvalue weighted by Crippen LogP contribution is 2.42. The first-order chi connectivity index (χ1) is 21.5. The van der Waals surface area contributed by atoms with Crippen LogP contribution in [-0.4, -0.2) is 96.2 Å². The van der Waals surface area contributed by atoms with E-state index in [2.05, 4.69) is 37.8 Å². The van der Waals surface area contributed by atoms with Gasteiger partial charge in [-0.25, -0.2) is 4.52 Å². The number of carbonyl (C=O) groups excluding carboxylic acids is 2. The number of nitrogens with one attached hydrogen (secondary N) is 3. The molecule has 2 saturated heterocycles. The van der Waals surface area contributed by atoms with Crippen molar-refractivity contribution in [1.29, 1.82) is 0 Å². The van der Waals surface area contributed by atoms with Crippen molar-refractivity contribution in [1.82, 2.24) is 24.7 Å². The average molecular weight is 644 g/mol. The lowest BCUT2D eigenvalue weighted by Gasteiger charge is -2.40. The first kappa shape index (κ1) is 32.3. The van der Waals surface area contributed by atoms with Gasteiger partial charge in [0.25, 0.3) is 5.91 Å². The van der Waals surface area contributed by atoms with E-state index < -0.39 is 5.51 Å². The fourth-order valence-electron chi connectivity index (χ4n) is 6.02. The zero-order valence-corrected chi connectivity index (χ0v) is 26.3. The monoisotopic (exact) mass is 643 g/mol. The second-order valence-corrected chi connectivity index (χ2v) is 12.2. The van der Waals surface area contributed by atoms with E-state index in [0.29, 0.717) is 40.9 Å². The highest BCUT2D eigenvalue weighted by atomic mass is 32.2. The number of carbonyl (C=O) groups is 2. The van der Waals surface area contributed by atoms with Gasteiger partial charge in [-0.15, -0.1) is 0 Å². The van der Waals surface area contributed by atoms with Gasteiger partial charge in [-0.3, -0.25) is 14.5 Å². The normalized spacial score (nSPS) is 19.5. The molecule has 2 fully saturated rings. The minimum atomic E-state index is -4.54. The summed E-state index contributed by atoms with van der Waals surface area (Å²) in [6, 6.07) is 10.5. The SMILES string of the molecule is CNC(=O)c1ccc(NCC#Cc2nn3c(N[C@@H]4CC[C@@H]5CC[C@H]4N5CC(=O)N(C)C)cccc3c2SC(F)(F)F)c(OC)c1. The van der Waals surface area contributed by atoms with Crippen molar-refractivity contribution in [3.05, 3.63) is 47.7 Å². The fraction of sp³-hybridized carbons (Fsp3) is 0.452. The number of hydrogen-bond acceptors (Lipinski definition) is 8. The van der Waals surface area contributed by atoms with Gasteiger partial charge < -0.3 is 25.6 Å². The van der Waals surface area contributed by atoms with Crippen LogP contribution < -0.4 is 20.7 Å². The van der Waals surface area contributed by atoms with Crippen LogP contribution in [0, 0.1) is 11.8 Å². The Bertz CT molecular complexity index is 1630. The first-order valence-electron chi connectivity index (χ1n) is 14.6. The van der Waals surface area contributed by atoms with Gasteiger partial charge in [0.1, 0.15) is 17.3 Å². The van der Waals surface area contributed by atoms with Gasteiger partial charge in [-0.05, 0) is 73.7 Å². The van der Waals surface area contributed by atoms with Crippen molar-refractivity contribution in [3.8, 4) is 17.6 Å². The number of aromatic nitrogens is 2. The van der Waals surface area contributed by atoms with E-state index in [1.807, 2.05) is 0 Å². The Morgan fingerprint density at radius 1 is 1.16 bits per heavy atom. The number of amides is 2. The Balaban J connectivity index is 1.39. The summed E-state index contributed by atoms with van der Waals surface area (Å²) in [5.74, 6) is 6.48. The summed E-state index contributed by atoms with van der Waals surface area (Å²) in [7, 11) is 6.50. The van der Waals surface area contributed by atoms with Crippen LogP contribution in [0.4, 0.5) is 24.7 Å². The van der Waals surface area contributed by atoms with Crippen molar-refractivity contribution in [2.45, 2.75) is 54.2 Å². The molecule has 0 unspecified atom stereocenters. The van der Waals surface area contributed by atoms with Gasteiger partial charge in [0.15, 0.2) is 0 Å². The summed E-state index contributed by atoms with van der Waals surface area (Å²) in [6.07, 6.45) is 3.77. The van der Waals surface area contributed by atoms with E-state index in [9.17, 15) is 22.8 Å². The number of thioether (sulfide) groups is 1. The first-order valence-corrected chi connectivity index (χ1v) is 15.4. The molecule has 3 atom stereocenters. The summed E-state index contributed by atoms with van der Waals surface area (Å²) < 4.78 is 47.9. The standard InChI is InChI=1S/C31H36F3N7O3S/c1-35-30(43)19-10-13-22(26(17-19)44-4)36-16-6-7-23-29(45-31(32,33)34)25-8-5-9-27(41(25)38-23)37-21-14-11-20-12-15-24(21)40(20)18-28(42)39(2)3/h5,8-10,13,17,20-21,24,36-37H,11-12,14-16,18H2,1-4H3,(H,35,43)/t20-,21-,24-/m1/s1. The average Bonchev–Trinajstić information content (AvgIpc) is 3.49. The van der Waals surface area contributed by atoms with Crippen LogP contribution in [0.3, 0.4) is 0 Å². The molecule has 2 bridgehead atoms. The fourth-order valence-corrected chi connectivity index (χ4v) is 6.70. The van der Waals surface area contributed by atoms with Gasteiger partial charge in [0.2, 0.25) is 5.91 Å². The van der Waals surface area contributed by atoms with E-state index in [4.69, 9.17) is 4.74 Å². The topological polar surface area (TPSA) is 103 Å². The van der Waals surface area contributed by atoms with Crippen LogP contribution in [0.25, 0.3) is 5.52 Å². The smallest absolute Gasteiger partial charge is 0.446 e. The number of piperidine rings is 1. The Labute approximate surface area is 264 Å². The molecular weight excluding hydrogens is 607 g/mol. The Kier molecular flexibility index (Phi) is 9.69. The van der Waals surface area contributed by atoms with E-state index in [1.54, 1.807) is 55.4 Å². The molecule has 3 aromatic rings. The number of rotatable bonds is 9. The molecule has 10 nitrogen and oxygen atoms in total. The summed E-state index contributed by atoms with van der Waals surface area (Å²) in [5, 5.41) is 13.7. The maximum Gasteiger partial charge on any atom is 0.446 e. The Morgan fingerprint density at radius 3 is 2.64 bits per heavy atom. The molecule has 240 valence electrons. The molecule has 2 aliphatic heterocycles. The predicted octanol–water partition coefficient (Wildman–Crippen LogP) is 4.27. The lowest BCUT2D eigenvalue weighted by molar-refractivity contribution is -0.131. The molecule has 2 amide bonds. The van der Waals surface area contributed by atoms with Crippen molar-refractivity contribution < 1.29 is 27.5 Å². The number of halogens is 3. The number of benzene rings is 1. The third-order valence-electron chi connectivity index (χ3n) is 8.21. The van der Waals surface area contributed by atoms with Crippen LogP contribution in [0.15, 0.2) is 41.3 Å². The maximum absolute atomic E-state index is 13.7. The minimum Gasteiger partial charge on any atom is -0.495 e. The van der Waals surface area contributed by atoms with Gasteiger partial charge in [-0.2, -0.15) is 18.3 Å². The summed E-state index contributed by atoms with van der Waals surface area (Å²) in [6.45, 7) is 0.438. The number of methoxy groups -OCH3 is 1. The molecule has 0 spiro atoms. The van der Waals surface area contributed by atoms with Crippen LogP contribution >= 0.6 is 11.8 Å². The van der Waals surface area contributed by atoms with Crippen LogP contribution in [-0.2, 0) is 4.79 Å². The molecule has 0 radical (unpaired) electrons. The second kappa shape index (κ2) is 13.5. The molecule has 2 aliphatic rings. The van der Waals surface area contributed by atoms with Crippen LogP contribution in [0.2, 0.25) is 0 Å². The zero-order valence-electron chi connectivity index (χ0n) is 25.5. The molecule has 4 heterocycles. The third kappa shape index (κ3) is 7.26. The summed E-state index contributed by atoms with van der Waals surface area (Å²) in [5.41, 5.74) is -3.23. The van der Waals surface area contributed by atoms with Crippen molar-refractivity contribution >= 4 is 40.6 Å². The Hall–Kier alpha value is -4.09. The van der Waals surface area contributed by atoms with Gasteiger partial charge in [-0.1, -0.05) is 12.0 Å². The second-order valence-electron chi connectivity index (χ2n) is 11.2. The molecular formula is C31H36F3N7O3S. The summed E-state index contributed by atoms with van der Waals surface area (Å²) in [4.78, 5) is 28.2. The molecule has 3 N–H and O–H groups in total. The lowest BCUT2D eigenvalue weighted by Crippen LogP contribution is -2.53. The van der Waals surface area contributed by atoms with Gasteiger partial charge in [0, 0.05) is 44.8 Å². The Morgan fingerprint density at radius 2 is 1.93 bits per heavy atom. The molecule has 45 heavy (non-hydrogen) atoms. The predicted molar refractivity (Wildman–Crippen MR) is 168 cm³/mol. The number of fused-ring (bicyclic) bond motifs is 3.